The highest BCUT2D eigenvalue weighted by atomic mass is 35.5. The molecule has 1 aromatic rings. The van der Waals surface area contributed by atoms with Crippen LogP contribution >= 0.6 is 34.8 Å². The van der Waals surface area contributed by atoms with Crippen LogP contribution in [0.5, 0.6) is 0 Å². The molecule has 0 radical (unpaired) electrons. The third-order valence-electron chi connectivity index (χ3n) is 2.42. The van der Waals surface area contributed by atoms with Crippen molar-refractivity contribution in [3.8, 4) is 0 Å². The third kappa shape index (κ3) is 4.92. The van der Waals surface area contributed by atoms with Crippen molar-refractivity contribution >= 4 is 34.8 Å². The lowest BCUT2D eigenvalue weighted by Crippen LogP contribution is -2.21. The lowest BCUT2D eigenvalue weighted by molar-refractivity contribution is 0.502. The van der Waals surface area contributed by atoms with E-state index in [1.807, 2.05) is 12.1 Å². The highest BCUT2D eigenvalue weighted by Crippen LogP contribution is 2.20. The van der Waals surface area contributed by atoms with Crippen LogP contribution in [0, 0.1) is 5.92 Å². The molecule has 1 unspecified atom stereocenters. The van der Waals surface area contributed by atoms with E-state index in [0.29, 0.717) is 11.8 Å². The Morgan fingerprint density at radius 2 is 2.06 bits per heavy atom. The lowest BCUT2D eigenvalue weighted by Gasteiger charge is -2.11. The molecular formula is C12H16Cl3N. The Morgan fingerprint density at radius 1 is 1.31 bits per heavy atom. The third-order valence-corrected chi connectivity index (χ3v) is 3.24. The molecule has 0 aliphatic carbocycles. The number of nitrogens with one attached hydrogen (secondary N) is 1. The second-order valence-corrected chi connectivity index (χ2v) is 5.17. The summed E-state index contributed by atoms with van der Waals surface area (Å²) in [5.41, 5.74) is 1.03. The predicted molar refractivity (Wildman–Crippen MR) is 72.7 cm³/mol. The topological polar surface area (TPSA) is 12.0 Å². The quantitative estimate of drug-likeness (QED) is 0.764. The Bertz CT molecular complexity index is 328. The van der Waals surface area contributed by atoms with Crippen LogP contribution in [0.3, 0.4) is 0 Å². The fourth-order valence-corrected chi connectivity index (χ4v) is 2.17. The molecular weight excluding hydrogens is 264 g/mol. The van der Waals surface area contributed by atoms with Crippen LogP contribution in [-0.4, -0.2) is 12.4 Å². The van der Waals surface area contributed by atoms with Crippen LogP contribution in [-0.2, 0) is 6.54 Å². The van der Waals surface area contributed by atoms with Gasteiger partial charge in [0.15, 0.2) is 0 Å². The second-order valence-electron chi connectivity index (χ2n) is 3.95. The van der Waals surface area contributed by atoms with Gasteiger partial charge in [-0.3, -0.25) is 0 Å². The summed E-state index contributed by atoms with van der Waals surface area (Å²) < 4.78 is 0. The molecule has 0 aliphatic heterocycles. The van der Waals surface area contributed by atoms with Gasteiger partial charge in [0.25, 0.3) is 0 Å². The largest absolute Gasteiger partial charge is 0.312 e. The van der Waals surface area contributed by atoms with Gasteiger partial charge in [-0.05, 0) is 42.6 Å². The van der Waals surface area contributed by atoms with E-state index in [1.54, 1.807) is 6.07 Å². The van der Waals surface area contributed by atoms with Gasteiger partial charge < -0.3 is 5.32 Å². The van der Waals surface area contributed by atoms with E-state index in [1.165, 1.54) is 0 Å². The minimum Gasteiger partial charge on any atom is -0.312 e. The number of halogens is 3. The first-order chi connectivity index (χ1) is 7.63. The van der Waals surface area contributed by atoms with E-state index in [9.17, 15) is 0 Å². The maximum absolute atomic E-state index is 6.05. The molecule has 16 heavy (non-hydrogen) atoms. The molecule has 0 saturated heterocycles. The normalized spacial score (nSPS) is 12.8. The van der Waals surface area contributed by atoms with Crippen LogP contribution in [0.15, 0.2) is 18.2 Å². The maximum Gasteiger partial charge on any atom is 0.0451 e. The summed E-state index contributed by atoms with van der Waals surface area (Å²) in [4.78, 5) is 0. The van der Waals surface area contributed by atoms with Gasteiger partial charge in [0.1, 0.15) is 0 Å². The summed E-state index contributed by atoms with van der Waals surface area (Å²) in [6.07, 6.45) is 1.03. The fourth-order valence-electron chi connectivity index (χ4n) is 1.42. The molecule has 0 spiro atoms. The van der Waals surface area contributed by atoms with Gasteiger partial charge in [-0.1, -0.05) is 30.1 Å². The van der Waals surface area contributed by atoms with Crippen molar-refractivity contribution in [3.63, 3.8) is 0 Å². The summed E-state index contributed by atoms with van der Waals surface area (Å²) >= 11 is 17.6. The number of hydrogen-bond acceptors (Lipinski definition) is 1. The van der Waals surface area contributed by atoms with Crippen molar-refractivity contribution < 1.29 is 0 Å². The minimum atomic E-state index is 0.579. The minimum absolute atomic E-state index is 0.579. The van der Waals surface area contributed by atoms with E-state index in [2.05, 4.69) is 12.2 Å². The molecule has 90 valence electrons. The first-order valence-electron chi connectivity index (χ1n) is 5.34. The monoisotopic (exact) mass is 279 g/mol. The van der Waals surface area contributed by atoms with E-state index in [4.69, 9.17) is 34.8 Å². The van der Waals surface area contributed by atoms with Gasteiger partial charge in [0, 0.05) is 22.5 Å². The molecule has 1 atom stereocenters. The van der Waals surface area contributed by atoms with Crippen LogP contribution in [0.2, 0.25) is 10.0 Å². The Hall–Kier alpha value is 0.0500. The van der Waals surface area contributed by atoms with E-state index in [-0.39, 0.29) is 0 Å². The molecule has 0 heterocycles. The van der Waals surface area contributed by atoms with Crippen molar-refractivity contribution in [1.29, 1.82) is 0 Å². The molecule has 0 aliphatic rings. The Kier molecular flexibility index (Phi) is 6.52. The number of benzene rings is 1. The fraction of sp³-hybridized carbons (Fsp3) is 0.500. The van der Waals surface area contributed by atoms with Crippen molar-refractivity contribution in [3.05, 3.63) is 33.8 Å². The molecule has 1 rings (SSSR count). The van der Waals surface area contributed by atoms with Gasteiger partial charge in [0.2, 0.25) is 0 Å². The zero-order valence-electron chi connectivity index (χ0n) is 9.27. The van der Waals surface area contributed by atoms with Crippen molar-refractivity contribution in [2.24, 2.45) is 5.92 Å². The Morgan fingerprint density at radius 3 is 2.75 bits per heavy atom. The molecule has 0 fully saturated rings. The summed E-state index contributed by atoms with van der Waals surface area (Å²) in [5, 5.41) is 4.82. The summed E-state index contributed by atoms with van der Waals surface area (Å²) in [6, 6.07) is 5.51. The van der Waals surface area contributed by atoms with Gasteiger partial charge in [0.05, 0.1) is 0 Å². The number of hydrogen-bond donors (Lipinski definition) is 1. The second kappa shape index (κ2) is 7.39. The van der Waals surface area contributed by atoms with E-state index in [0.717, 1.165) is 35.1 Å². The van der Waals surface area contributed by atoms with Gasteiger partial charge >= 0.3 is 0 Å². The van der Waals surface area contributed by atoms with Crippen molar-refractivity contribution in [2.45, 2.75) is 19.9 Å². The molecule has 1 nitrogen and oxygen atoms in total. The summed E-state index contributed by atoms with van der Waals surface area (Å²) in [6.45, 7) is 3.86. The SMILES string of the molecule is CC(CCCl)CNCc1cc(Cl)ccc1Cl. The molecule has 1 N–H and O–H groups in total. The number of alkyl halides is 1. The van der Waals surface area contributed by atoms with E-state index < -0.39 is 0 Å². The smallest absolute Gasteiger partial charge is 0.0451 e. The van der Waals surface area contributed by atoms with Gasteiger partial charge in [-0.25, -0.2) is 0 Å². The first kappa shape index (κ1) is 14.1. The average molecular weight is 281 g/mol. The zero-order valence-corrected chi connectivity index (χ0v) is 11.5. The first-order valence-corrected chi connectivity index (χ1v) is 6.63. The van der Waals surface area contributed by atoms with Gasteiger partial charge in [-0.2, -0.15) is 0 Å². The van der Waals surface area contributed by atoms with Crippen molar-refractivity contribution in [1.82, 2.24) is 5.32 Å². The molecule has 0 saturated carbocycles. The van der Waals surface area contributed by atoms with Crippen molar-refractivity contribution in [2.75, 3.05) is 12.4 Å². The van der Waals surface area contributed by atoms with Crippen LogP contribution in [0.4, 0.5) is 0 Å². The standard InChI is InChI=1S/C12H16Cl3N/c1-9(4-5-13)7-16-8-10-6-11(14)2-3-12(10)15/h2-3,6,9,16H,4-5,7-8H2,1H3. The highest BCUT2D eigenvalue weighted by Gasteiger charge is 2.03. The maximum atomic E-state index is 6.05. The highest BCUT2D eigenvalue weighted by molar-refractivity contribution is 6.33. The van der Waals surface area contributed by atoms with Crippen LogP contribution in [0.25, 0.3) is 0 Å². The predicted octanol–water partition coefficient (Wildman–Crippen LogP) is 4.35. The lowest BCUT2D eigenvalue weighted by atomic mass is 10.1. The Labute approximate surface area is 112 Å². The molecule has 0 bridgehead atoms. The molecule has 1 aromatic carbocycles. The average Bonchev–Trinajstić information content (AvgIpc) is 2.23. The van der Waals surface area contributed by atoms with Crippen LogP contribution in [0.1, 0.15) is 18.9 Å². The van der Waals surface area contributed by atoms with E-state index >= 15 is 0 Å². The van der Waals surface area contributed by atoms with Crippen LogP contribution < -0.4 is 5.32 Å². The van der Waals surface area contributed by atoms with Gasteiger partial charge in [-0.15, -0.1) is 11.6 Å². The Balaban J connectivity index is 2.39. The zero-order chi connectivity index (χ0) is 12.0. The molecule has 0 aromatic heterocycles. The molecule has 0 amide bonds. The summed E-state index contributed by atoms with van der Waals surface area (Å²) in [7, 11) is 0. The molecule has 4 heteroatoms. The number of rotatable bonds is 6. The summed E-state index contributed by atoms with van der Waals surface area (Å²) in [5.74, 6) is 1.29.